The minimum Gasteiger partial charge on any atom is -0.461 e. The number of anilines is 1. The van der Waals surface area contributed by atoms with Crippen LogP contribution in [0.4, 0.5) is 5.82 Å². The topological polar surface area (TPSA) is 93.9 Å². The zero-order valence-corrected chi connectivity index (χ0v) is 13.6. The molecular formula is C13H16N4O4S. The van der Waals surface area contributed by atoms with Gasteiger partial charge in [0.2, 0.25) is 0 Å². The number of hydrazone groups is 1. The second-order valence-corrected chi connectivity index (χ2v) is 5.33. The van der Waals surface area contributed by atoms with Crippen LogP contribution in [0.15, 0.2) is 15.1 Å². The van der Waals surface area contributed by atoms with Gasteiger partial charge in [0.15, 0.2) is 22.5 Å². The molecular weight excluding hydrogens is 308 g/mol. The maximum atomic E-state index is 12.4. The van der Waals surface area contributed by atoms with Gasteiger partial charge in [-0.15, -0.1) is 0 Å². The SMILES string of the molecule is CCOC(=O)C1=NN(C)c2nc(SC)n(C)c(=O)c2C(=O)C1. The number of thioether (sulfide) groups is 1. The van der Waals surface area contributed by atoms with Gasteiger partial charge in [-0.2, -0.15) is 5.10 Å². The predicted octanol–water partition coefficient (Wildman–Crippen LogP) is 0.444. The van der Waals surface area contributed by atoms with Crippen molar-refractivity contribution in [2.45, 2.75) is 18.5 Å². The molecule has 0 atom stereocenters. The van der Waals surface area contributed by atoms with Crippen LogP contribution in [0.3, 0.4) is 0 Å². The summed E-state index contributed by atoms with van der Waals surface area (Å²) in [5.41, 5.74) is -0.558. The fourth-order valence-corrected chi connectivity index (χ4v) is 2.60. The Morgan fingerprint density at radius 1 is 1.36 bits per heavy atom. The van der Waals surface area contributed by atoms with Gasteiger partial charge in [-0.25, -0.2) is 14.8 Å². The first-order valence-corrected chi connectivity index (χ1v) is 7.79. The number of Topliss-reactive ketones (excluding diaryl/α,β-unsaturated/α-hetero) is 1. The summed E-state index contributed by atoms with van der Waals surface area (Å²) in [6.45, 7) is 1.84. The third-order valence-electron chi connectivity index (χ3n) is 3.11. The van der Waals surface area contributed by atoms with Crippen molar-refractivity contribution in [3.05, 3.63) is 15.9 Å². The van der Waals surface area contributed by atoms with Crippen molar-refractivity contribution in [2.24, 2.45) is 12.1 Å². The monoisotopic (exact) mass is 324 g/mol. The normalized spacial score (nSPS) is 14.3. The van der Waals surface area contributed by atoms with E-state index in [0.717, 1.165) is 0 Å². The Labute approximate surface area is 131 Å². The first kappa shape index (κ1) is 16.2. The van der Waals surface area contributed by atoms with Crippen molar-refractivity contribution in [1.82, 2.24) is 9.55 Å². The van der Waals surface area contributed by atoms with Gasteiger partial charge < -0.3 is 4.74 Å². The minimum absolute atomic E-state index is 0.0416. The molecule has 0 aromatic carbocycles. The molecule has 2 heterocycles. The van der Waals surface area contributed by atoms with Gasteiger partial charge in [0.25, 0.3) is 5.56 Å². The number of fused-ring (bicyclic) bond motifs is 1. The molecule has 0 aliphatic carbocycles. The van der Waals surface area contributed by atoms with E-state index in [0.29, 0.717) is 5.16 Å². The van der Waals surface area contributed by atoms with Crippen molar-refractivity contribution in [3.63, 3.8) is 0 Å². The first-order valence-electron chi connectivity index (χ1n) is 6.57. The lowest BCUT2D eigenvalue weighted by Gasteiger charge is -2.15. The van der Waals surface area contributed by atoms with E-state index in [1.165, 1.54) is 28.4 Å². The Morgan fingerprint density at radius 2 is 2.05 bits per heavy atom. The highest BCUT2D eigenvalue weighted by molar-refractivity contribution is 7.98. The van der Waals surface area contributed by atoms with Crippen LogP contribution in [-0.2, 0) is 16.6 Å². The minimum atomic E-state index is -0.669. The summed E-state index contributed by atoms with van der Waals surface area (Å²) >= 11 is 1.28. The van der Waals surface area contributed by atoms with Crippen LogP contribution in [0.2, 0.25) is 0 Å². The number of aromatic nitrogens is 2. The van der Waals surface area contributed by atoms with Gasteiger partial charge in [-0.1, -0.05) is 11.8 Å². The van der Waals surface area contributed by atoms with E-state index in [9.17, 15) is 14.4 Å². The molecule has 118 valence electrons. The number of rotatable bonds is 3. The van der Waals surface area contributed by atoms with Gasteiger partial charge in [-0.05, 0) is 13.2 Å². The lowest BCUT2D eigenvalue weighted by atomic mass is 10.1. The van der Waals surface area contributed by atoms with Crippen LogP contribution < -0.4 is 10.6 Å². The maximum absolute atomic E-state index is 12.4. The summed E-state index contributed by atoms with van der Waals surface area (Å²) in [6, 6.07) is 0. The number of ether oxygens (including phenoxy) is 1. The van der Waals surface area contributed by atoms with Crippen molar-refractivity contribution in [2.75, 3.05) is 24.9 Å². The number of esters is 1. The first-order chi connectivity index (χ1) is 10.4. The lowest BCUT2D eigenvalue weighted by molar-refractivity contribution is -0.135. The van der Waals surface area contributed by atoms with Gasteiger partial charge >= 0.3 is 5.97 Å². The molecule has 22 heavy (non-hydrogen) atoms. The molecule has 0 unspecified atom stereocenters. The number of carbonyl (C=O) groups is 2. The number of carbonyl (C=O) groups excluding carboxylic acids is 2. The number of hydrogen-bond donors (Lipinski definition) is 0. The smallest absolute Gasteiger partial charge is 0.354 e. The van der Waals surface area contributed by atoms with Crippen LogP contribution in [0.25, 0.3) is 0 Å². The van der Waals surface area contributed by atoms with E-state index in [2.05, 4.69) is 10.1 Å². The van der Waals surface area contributed by atoms with Crippen molar-refractivity contribution in [1.29, 1.82) is 0 Å². The molecule has 8 nitrogen and oxygen atoms in total. The average molecular weight is 324 g/mol. The van der Waals surface area contributed by atoms with E-state index in [4.69, 9.17) is 4.74 Å². The highest BCUT2D eigenvalue weighted by Gasteiger charge is 2.30. The molecule has 0 saturated carbocycles. The second-order valence-electron chi connectivity index (χ2n) is 4.55. The molecule has 1 aliphatic rings. The van der Waals surface area contributed by atoms with Crippen LogP contribution in [-0.4, -0.2) is 46.9 Å². The van der Waals surface area contributed by atoms with Gasteiger partial charge in [-0.3, -0.25) is 14.2 Å². The quantitative estimate of drug-likeness (QED) is 0.452. The Kier molecular flexibility index (Phi) is 4.65. The maximum Gasteiger partial charge on any atom is 0.354 e. The molecule has 2 rings (SSSR count). The standard InChI is InChI=1S/C13H16N4O4S/c1-5-21-12(20)7-6-8(18)9-10(17(3)15-7)14-13(22-4)16(2)11(9)19/h5-6H2,1-4H3. The summed E-state index contributed by atoms with van der Waals surface area (Å²) in [5, 5.41) is 5.80. The summed E-state index contributed by atoms with van der Waals surface area (Å²) in [7, 11) is 3.08. The third-order valence-corrected chi connectivity index (χ3v) is 3.84. The molecule has 0 amide bonds. The zero-order valence-electron chi connectivity index (χ0n) is 12.7. The molecule has 1 aromatic heterocycles. The fourth-order valence-electron chi connectivity index (χ4n) is 2.06. The van der Waals surface area contributed by atoms with Crippen LogP contribution >= 0.6 is 11.8 Å². The summed E-state index contributed by atoms with van der Waals surface area (Å²) in [5.74, 6) is -1.01. The van der Waals surface area contributed by atoms with Gasteiger partial charge in [0.1, 0.15) is 5.56 Å². The number of ketones is 1. The molecule has 1 aromatic rings. The lowest BCUT2D eigenvalue weighted by Crippen LogP contribution is -2.29. The Morgan fingerprint density at radius 3 is 2.64 bits per heavy atom. The highest BCUT2D eigenvalue weighted by Crippen LogP contribution is 2.22. The van der Waals surface area contributed by atoms with Crippen LogP contribution in [0.1, 0.15) is 23.7 Å². The second kappa shape index (κ2) is 6.30. The van der Waals surface area contributed by atoms with E-state index < -0.39 is 17.3 Å². The largest absolute Gasteiger partial charge is 0.461 e. The molecule has 0 bridgehead atoms. The molecule has 9 heteroatoms. The van der Waals surface area contributed by atoms with E-state index in [1.807, 2.05) is 0 Å². The van der Waals surface area contributed by atoms with Gasteiger partial charge in [0.05, 0.1) is 13.0 Å². The van der Waals surface area contributed by atoms with Crippen molar-refractivity contribution >= 4 is 35.0 Å². The van der Waals surface area contributed by atoms with E-state index in [1.54, 1.807) is 20.2 Å². The van der Waals surface area contributed by atoms with Crippen molar-refractivity contribution < 1.29 is 14.3 Å². The summed E-state index contributed by atoms with van der Waals surface area (Å²) in [6.07, 6.45) is 1.49. The average Bonchev–Trinajstić information content (AvgIpc) is 2.60. The van der Waals surface area contributed by atoms with Crippen LogP contribution in [0.5, 0.6) is 0 Å². The molecule has 0 fully saturated rings. The molecule has 0 spiro atoms. The highest BCUT2D eigenvalue weighted by atomic mass is 32.2. The van der Waals surface area contributed by atoms with E-state index in [-0.39, 0.29) is 30.1 Å². The van der Waals surface area contributed by atoms with Crippen molar-refractivity contribution in [3.8, 4) is 0 Å². The number of hydrogen-bond acceptors (Lipinski definition) is 8. The predicted molar refractivity (Wildman–Crippen MR) is 82.7 cm³/mol. The Balaban J connectivity index is 2.59. The van der Waals surface area contributed by atoms with Crippen LogP contribution in [0, 0.1) is 0 Å². The molecule has 0 saturated heterocycles. The molecule has 0 radical (unpaired) electrons. The fraction of sp³-hybridized carbons (Fsp3) is 0.462. The van der Waals surface area contributed by atoms with Gasteiger partial charge in [0, 0.05) is 14.1 Å². The summed E-state index contributed by atoms with van der Waals surface area (Å²) in [4.78, 5) is 40.9. The Bertz CT molecular complexity index is 725. The third kappa shape index (κ3) is 2.76. The molecule has 1 aliphatic heterocycles. The summed E-state index contributed by atoms with van der Waals surface area (Å²) < 4.78 is 6.18. The Hall–Kier alpha value is -2.16. The molecule has 0 N–H and O–H groups in total. The zero-order chi connectivity index (χ0) is 16.4. The van der Waals surface area contributed by atoms with E-state index >= 15 is 0 Å². The number of nitrogens with zero attached hydrogens (tertiary/aromatic N) is 4.